The maximum absolute atomic E-state index is 14.1. The third-order valence-electron chi connectivity index (χ3n) is 5.01. The number of aliphatic carboxylic acids is 1. The largest absolute Gasteiger partial charge is 0.481 e. The first-order chi connectivity index (χ1) is 17.8. The minimum Gasteiger partial charge on any atom is -0.481 e. The van der Waals surface area contributed by atoms with E-state index in [4.69, 9.17) is 21.7 Å². The Kier molecular flexibility index (Phi) is 15.1. The van der Waals surface area contributed by atoms with Gasteiger partial charge in [-0.1, -0.05) is 44.2 Å². The molecule has 0 saturated carbocycles. The van der Waals surface area contributed by atoms with Crippen molar-refractivity contribution in [3.8, 4) is 5.75 Å². The predicted molar refractivity (Wildman–Crippen MR) is 136 cm³/mol. The number of unbranched alkanes of at least 4 members (excludes halogenated alkanes) is 1. The van der Waals surface area contributed by atoms with E-state index in [9.17, 15) is 41.4 Å². The summed E-state index contributed by atoms with van der Waals surface area (Å²) in [6.45, 7) is 3.11. The van der Waals surface area contributed by atoms with Gasteiger partial charge < -0.3 is 19.3 Å². The van der Waals surface area contributed by atoms with Crippen LogP contribution >= 0.6 is 35.7 Å². The first-order valence-electron chi connectivity index (χ1n) is 11.3. The number of methoxy groups -OCH3 is 1. The minimum absolute atomic E-state index is 0.0333. The zero-order valence-corrected chi connectivity index (χ0v) is 23.1. The average molecular weight is 607 g/mol. The Morgan fingerprint density at radius 3 is 2.05 bits per heavy atom. The molecule has 0 spiro atoms. The van der Waals surface area contributed by atoms with E-state index in [2.05, 4.69) is 4.74 Å². The smallest absolute Gasteiger partial charge is 0.325 e. The number of carboxylic acid groups (broad SMARTS) is 1. The van der Waals surface area contributed by atoms with Crippen molar-refractivity contribution in [1.82, 2.24) is 0 Å². The number of benzene rings is 1. The van der Waals surface area contributed by atoms with Crippen LogP contribution in [0.2, 0.25) is 0 Å². The molecule has 0 bridgehead atoms. The second-order valence-electron chi connectivity index (χ2n) is 7.95. The summed E-state index contributed by atoms with van der Waals surface area (Å²) < 4.78 is 83.5. The van der Waals surface area contributed by atoms with E-state index in [0.717, 1.165) is 12.8 Å². The van der Waals surface area contributed by atoms with Gasteiger partial charge in [-0.2, -0.15) is 8.78 Å². The maximum Gasteiger partial charge on any atom is 0.325 e. The van der Waals surface area contributed by atoms with Crippen LogP contribution in [0, 0.1) is 40.9 Å². The molecule has 3 atom stereocenters. The summed E-state index contributed by atoms with van der Waals surface area (Å²) in [5.74, 6) is -18.8. The van der Waals surface area contributed by atoms with Crippen molar-refractivity contribution in [2.75, 3.05) is 26.1 Å². The first-order valence-corrected chi connectivity index (χ1v) is 13.6. The lowest BCUT2D eigenvalue weighted by Crippen LogP contribution is -2.32. The van der Waals surface area contributed by atoms with Crippen LogP contribution in [-0.4, -0.2) is 57.9 Å². The fourth-order valence-corrected chi connectivity index (χ4v) is 5.68. The van der Waals surface area contributed by atoms with Crippen LogP contribution in [0.5, 0.6) is 5.75 Å². The average Bonchev–Trinajstić information content (AvgIpc) is 2.87. The molecule has 214 valence electrons. The van der Waals surface area contributed by atoms with Crippen LogP contribution < -0.4 is 4.74 Å². The van der Waals surface area contributed by atoms with E-state index in [1.165, 1.54) is 25.8 Å². The van der Waals surface area contributed by atoms with Crippen molar-refractivity contribution < 1.29 is 55.7 Å². The van der Waals surface area contributed by atoms with E-state index < -0.39 is 76.3 Å². The number of esters is 2. The molecular weight excluding hydrogens is 579 g/mol. The monoisotopic (exact) mass is 606 g/mol. The number of hydrogen-bond donors (Lipinski definition) is 1. The van der Waals surface area contributed by atoms with Crippen molar-refractivity contribution in [2.45, 2.75) is 44.8 Å². The number of rotatable bonds is 15. The summed E-state index contributed by atoms with van der Waals surface area (Å²) in [6.07, 6.45) is 0.866. The van der Waals surface area contributed by atoms with E-state index in [-0.39, 0.29) is 23.2 Å². The molecule has 0 aliphatic carbocycles. The van der Waals surface area contributed by atoms with Gasteiger partial charge in [0.1, 0.15) is 15.4 Å². The molecule has 15 heteroatoms. The molecule has 0 aromatic heterocycles. The summed E-state index contributed by atoms with van der Waals surface area (Å²) in [5.41, 5.74) is 0. The molecule has 0 fully saturated rings. The van der Waals surface area contributed by atoms with Crippen molar-refractivity contribution in [1.29, 1.82) is 0 Å². The highest BCUT2D eigenvalue weighted by Gasteiger charge is 2.36. The van der Waals surface area contributed by atoms with Crippen LogP contribution in [0.1, 0.15) is 39.5 Å². The Labute approximate surface area is 230 Å². The summed E-state index contributed by atoms with van der Waals surface area (Å²) in [5, 5.41) is 7.81. The van der Waals surface area contributed by atoms with Gasteiger partial charge in [-0.25, -0.2) is 13.2 Å². The number of carbonyl (C=O) groups is 3. The third kappa shape index (κ3) is 10.3. The molecule has 0 aliphatic rings. The van der Waals surface area contributed by atoms with Crippen LogP contribution in [0.15, 0.2) is 0 Å². The molecule has 0 heterocycles. The summed E-state index contributed by atoms with van der Waals surface area (Å²) >= 11 is 7.11. The van der Waals surface area contributed by atoms with E-state index in [1.54, 1.807) is 0 Å². The van der Waals surface area contributed by atoms with Gasteiger partial charge in [-0.3, -0.25) is 14.4 Å². The summed E-state index contributed by atoms with van der Waals surface area (Å²) in [7, 11) is 1.36. The van der Waals surface area contributed by atoms with E-state index in [1.807, 2.05) is 6.92 Å². The number of hydrogen-bond acceptors (Lipinski definition) is 9. The molecule has 1 rings (SSSR count). The molecule has 1 aromatic carbocycles. The van der Waals surface area contributed by atoms with Gasteiger partial charge in [-0.05, 0) is 25.0 Å². The van der Waals surface area contributed by atoms with Crippen LogP contribution in [-0.2, 0) is 23.9 Å². The second kappa shape index (κ2) is 16.9. The molecule has 0 amide bonds. The second-order valence-corrected chi connectivity index (χ2v) is 11.4. The molecular formula is C23H27F5O7S3. The normalized spacial score (nSPS) is 13.5. The predicted octanol–water partition coefficient (Wildman–Crippen LogP) is 5.51. The lowest BCUT2D eigenvalue weighted by molar-refractivity contribution is -0.152. The lowest BCUT2D eigenvalue weighted by Gasteiger charge is -2.23. The van der Waals surface area contributed by atoms with Crippen molar-refractivity contribution >= 4 is 57.2 Å². The fourth-order valence-electron chi connectivity index (χ4n) is 2.90. The summed E-state index contributed by atoms with van der Waals surface area (Å²) in [6, 6.07) is 0. The Morgan fingerprint density at radius 1 is 0.947 bits per heavy atom. The Morgan fingerprint density at radius 2 is 1.53 bits per heavy atom. The van der Waals surface area contributed by atoms with Gasteiger partial charge in [0.2, 0.25) is 34.8 Å². The fraction of sp³-hybridized carbons (Fsp3) is 0.565. The number of thioether (sulfide) groups is 2. The number of carbonyl (C=O) groups excluding carboxylic acids is 2. The maximum atomic E-state index is 14.1. The molecule has 38 heavy (non-hydrogen) atoms. The van der Waals surface area contributed by atoms with E-state index in [0.29, 0.717) is 17.5 Å². The topological polar surface area (TPSA) is 99.1 Å². The van der Waals surface area contributed by atoms with Gasteiger partial charge in [-0.15, -0.1) is 11.8 Å². The number of carboxylic acids is 1. The molecule has 3 unspecified atom stereocenters. The molecule has 7 nitrogen and oxygen atoms in total. The van der Waals surface area contributed by atoms with Gasteiger partial charge in [0, 0.05) is 7.11 Å². The van der Waals surface area contributed by atoms with Crippen molar-refractivity contribution in [3.63, 3.8) is 0 Å². The molecule has 1 aromatic rings. The first kappa shape index (κ1) is 34.1. The SMILES string of the molecule is CCCCSC(=S)SC(CC(CC(C)C(=O)O)C(=O)OCCOC)C(=O)Oc1c(F)c(F)c(F)c(F)c1F. The van der Waals surface area contributed by atoms with Crippen LogP contribution in [0.4, 0.5) is 22.0 Å². The van der Waals surface area contributed by atoms with Crippen molar-refractivity contribution in [2.24, 2.45) is 11.8 Å². The minimum atomic E-state index is -2.43. The van der Waals surface area contributed by atoms with Gasteiger partial charge in [0.15, 0.2) is 0 Å². The van der Waals surface area contributed by atoms with Gasteiger partial charge in [0.05, 0.1) is 18.4 Å². The van der Waals surface area contributed by atoms with E-state index >= 15 is 0 Å². The number of halogens is 5. The molecule has 1 N–H and O–H groups in total. The lowest BCUT2D eigenvalue weighted by atomic mass is 9.91. The third-order valence-corrected chi connectivity index (χ3v) is 7.89. The zero-order valence-electron chi connectivity index (χ0n) is 20.7. The molecule has 0 aliphatic heterocycles. The highest BCUT2D eigenvalue weighted by Crippen LogP contribution is 2.34. The van der Waals surface area contributed by atoms with Gasteiger partial charge in [0.25, 0.3) is 0 Å². The molecule has 0 radical (unpaired) electrons. The Bertz CT molecular complexity index is 983. The quantitative estimate of drug-likeness (QED) is 0.0523. The standard InChI is InChI=1S/C23H27F5O7S3/c1-4-5-8-37-23(36)38-13(10-12(9-11(2)20(29)30)21(31)34-7-6-33-3)22(32)35-19-17(27)15(25)14(24)16(26)18(19)28/h11-13H,4-10H2,1-3H3,(H,29,30). The highest BCUT2D eigenvalue weighted by atomic mass is 32.2. The number of thiocarbonyl (C=S) groups is 1. The number of ether oxygens (including phenoxy) is 3. The highest BCUT2D eigenvalue weighted by molar-refractivity contribution is 8.47. The van der Waals surface area contributed by atoms with Crippen LogP contribution in [0.3, 0.4) is 0 Å². The Hall–Kier alpha value is -1.97. The van der Waals surface area contributed by atoms with Crippen LogP contribution in [0.25, 0.3) is 0 Å². The molecule has 0 saturated heterocycles. The van der Waals surface area contributed by atoms with Crippen molar-refractivity contribution in [3.05, 3.63) is 29.1 Å². The Balaban J connectivity index is 3.31. The zero-order chi connectivity index (χ0) is 29.0. The summed E-state index contributed by atoms with van der Waals surface area (Å²) in [4.78, 5) is 37.0. The van der Waals surface area contributed by atoms with Gasteiger partial charge >= 0.3 is 17.9 Å².